The molecule has 0 spiro atoms. The van der Waals surface area contributed by atoms with Crippen LogP contribution < -0.4 is 4.74 Å². The number of para-hydroxylation sites is 1. The van der Waals surface area contributed by atoms with Gasteiger partial charge in [-0.3, -0.25) is 4.99 Å². The first kappa shape index (κ1) is 14.0. The minimum atomic E-state index is 0.173. The number of phenolic OH excluding ortho intramolecular Hbond substituents is 1. The fraction of sp³-hybridized carbons (Fsp3) is 0.0667. The molecule has 0 aromatic heterocycles. The van der Waals surface area contributed by atoms with E-state index in [1.165, 1.54) is 0 Å². The molecule has 2 aromatic rings. The molecule has 0 saturated heterocycles. The highest BCUT2D eigenvalue weighted by Crippen LogP contribution is 2.32. The quantitative estimate of drug-likeness (QED) is 0.528. The molecule has 0 aliphatic heterocycles. The average molecular weight is 284 g/mol. The van der Waals surface area contributed by atoms with Crippen molar-refractivity contribution in [3.63, 3.8) is 0 Å². The van der Waals surface area contributed by atoms with Gasteiger partial charge in [-0.05, 0) is 42.1 Å². The Hall–Kier alpha value is -2.45. The fourth-order valence-electron chi connectivity index (χ4n) is 1.62. The van der Waals surface area contributed by atoms with E-state index in [-0.39, 0.29) is 5.75 Å². The zero-order valence-electron chi connectivity index (χ0n) is 10.8. The molecule has 0 amide bonds. The van der Waals surface area contributed by atoms with Crippen LogP contribution in [-0.4, -0.2) is 18.4 Å². The first-order chi connectivity index (χ1) is 9.74. The predicted molar refractivity (Wildman–Crippen MR) is 79.8 cm³/mol. The van der Waals surface area contributed by atoms with Gasteiger partial charge in [-0.25, -0.2) is 0 Å². The molecule has 0 unspecified atom stereocenters. The van der Waals surface area contributed by atoms with Gasteiger partial charge < -0.3 is 9.84 Å². The molecule has 0 heterocycles. The third-order valence-electron chi connectivity index (χ3n) is 2.59. The summed E-state index contributed by atoms with van der Waals surface area (Å²) in [6.45, 7) is 0. The summed E-state index contributed by atoms with van der Waals surface area (Å²) in [5.41, 5.74) is 1.27. The van der Waals surface area contributed by atoms with Gasteiger partial charge in [0, 0.05) is 16.7 Å². The number of rotatable bonds is 4. The minimum Gasteiger partial charge on any atom is -0.507 e. The van der Waals surface area contributed by atoms with E-state index < -0.39 is 0 Å². The van der Waals surface area contributed by atoms with Gasteiger partial charge in [0.05, 0.1) is 7.11 Å². The summed E-state index contributed by atoms with van der Waals surface area (Å²) in [4.78, 5) is 5.10. The second-order valence-electron chi connectivity index (χ2n) is 3.84. The van der Waals surface area contributed by atoms with Gasteiger partial charge in [0.2, 0.25) is 0 Å². The van der Waals surface area contributed by atoms with Crippen LogP contribution in [0.1, 0.15) is 5.56 Å². The molecule has 20 heavy (non-hydrogen) atoms. The Morgan fingerprint density at radius 3 is 2.80 bits per heavy atom. The number of nitriles is 1. The number of ether oxygens (including phenoxy) is 1. The standard InChI is InChI=1S/C15H12N2O2S/c1-19-15-8-12(20-10-16)6-7-13(15)17-9-11-4-2-3-5-14(11)18/h2-9,18H,1H3. The van der Waals surface area contributed by atoms with Crippen LogP contribution in [0.15, 0.2) is 52.4 Å². The number of thioether (sulfide) groups is 1. The summed E-state index contributed by atoms with van der Waals surface area (Å²) in [6.07, 6.45) is 1.57. The van der Waals surface area contributed by atoms with Crippen LogP contribution in [0, 0.1) is 10.7 Å². The van der Waals surface area contributed by atoms with Crippen molar-refractivity contribution in [2.45, 2.75) is 4.90 Å². The number of phenols is 1. The second-order valence-corrected chi connectivity index (χ2v) is 4.70. The van der Waals surface area contributed by atoms with Crippen LogP contribution in [0.3, 0.4) is 0 Å². The Kier molecular flexibility index (Phi) is 4.64. The van der Waals surface area contributed by atoms with Crippen LogP contribution >= 0.6 is 11.8 Å². The molecule has 5 heteroatoms. The number of hydrogen-bond acceptors (Lipinski definition) is 5. The van der Waals surface area contributed by atoms with Gasteiger partial charge in [-0.2, -0.15) is 5.26 Å². The minimum absolute atomic E-state index is 0.173. The van der Waals surface area contributed by atoms with Crippen LogP contribution in [0.2, 0.25) is 0 Å². The molecule has 0 fully saturated rings. The summed E-state index contributed by atoms with van der Waals surface area (Å²) < 4.78 is 5.25. The highest BCUT2D eigenvalue weighted by molar-refractivity contribution is 8.03. The molecule has 0 bridgehead atoms. The van der Waals surface area contributed by atoms with E-state index in [0.29, 0.717) is 17.0 Å². The summed E-state index contributed by atoms with van der Waals surface area (Å²) in [6, 6.07) is 12.3. The van der Waals surface area contributed by atoms with Crippen molar-refractivity contribution >= 4 is 23.7 Å². The topological polar surface area (TPSA) is 65.6 Å². The number of methoxy groups -OCH3 is 1. The van der Waals surface area contributed by atoms with Crippen molar-refractivity contribution in [1.82, 2.24) is 0 Å². The monoisotopic (exact) mass is 284 g/mol. The molecular weight excluding hydrogens is 272 g/mol. The molecule has 0 atom stereocenters. The van der Waals surface area contributed by atoms with Crippen LogP contribution in [0.5, 0.6) is 11.5 Å². The lowest BCUT2D eigenvalue weighted by atomic mass is 10.2. The number of aliphatic imine (C=N–C) groups is 1. The van der Waals surface area contributed by atoms with Gasteiger partial charge in [0.1, 0.15) is 22.6 Å². The van der Waals surface area contributed by atoms with Crippen molar-refractivity contribution in [1.29, 1.82) is 5.26 Å². The fourth-order valence-corrected chi connectivity index (χ4v) is 2.02. The number of nitrogens with zero attached hydrogens (tertiary/aromatic N) is 2. The molecule has 1 N–H and O–H groups in total. The number of aromatic hydroxyl groups is 1. The molecule has 100 valence electrons. The third-order valence-corrected chi connectivity index (χ3v) is 3.18. The Bertz CT molecular complexity index is 678. The van der Waals surface area contributed by atoms with Gasteiger partial charge in [0.25, 0.3) is 0 Å². The van der Waals surface area contributed by atoms with Gasteiger partial charge in [0.15, 0.2) is 0 Å². The Balaban J connectivity index is 2.30. The van der Waals surface area contributed by atoms with Crippen LogP contribution in [0.4, 0.5) is 5.69 Å². The molecule has 4 nitrogen and oxygen atoms in total. The maximum atomic E-state index is 9.67. The van der Waals surface area contributed by atoms with E-state index in [1.54, 1.807) is 49.7 Å². The third kappa shape index (κ3) is 3.31. The number of benzene rings is 2. The summed E-state index contributed by atoms with van der Waals surface area (Å²) in [7, 11) is 1.55. The lowest BCUT2D eigenvalue weighted by Crippen LogP contribution is -1.86. The van der Waals surface area contributed by atoms with Crippen molar-refractivity contribution in [3.8, 4) is 16.9 Å². The maximum absolute atomic E-state index is 9.67. The zero-order valence-corrected chi connectivity index (χ0v) is 11.6. The smallest absolute Gasteiger partial charge is 0.145 e. The molecule has 0 saturated carbocycles. The van der Waals surface area contributed by atoms with E-state index in [9.17, 15) is 5.11 Å². The van der Waals surface area contributed by atoms with Crippen molar-refractivity contribution in [2.24, 2.45) is 4.99 Å². The van der Waals surface area contributed by atoms with Gasteiger partial charge in [-0.1, -0.05) is 12.1 Å². The molecular formula is C15H12N2O2S. The zero-order chi connectivity index (χ0) is 14.4. The van der Waals surface area contributed by atoms with E-state index in [2.05, 4.69) is 4.99 Å². The Labute approximate surface area is 121 Å². The van der Waals surface area contributed by atoms with Crippen LogP contribution in [0.25, 0.3) is 0 Å². The summed E-state index contributed by atoms with van der Waals surface area (Å²) >= 11 is 1.06. The summed E-state index contributed by atoms with van der Waals surface area (Å²) in [5, 5.41) is 20.3. The first-order valence-corrected chi connectivity index (χ1v) is 6.62. The van der Waals surface area contributed by atoms with Crippen molar-refractivity contribution < 1.29 is 9.84 Å². The highest BCUT2D eigenvalue weighted by atomic mass is 32.2. The van der Waals surface area contributed by atoms with E-state index in [0.717, 1.165) is 16.7 Å². The molecule has 0 aliphatic carbocycles. The van der Waals surface area contributed by atoms with Gasteiger partial charge in [-0.15, -0.1) is 0 Å². The second kappa shape index (κ2) is 6.64. The van der Waals surface area contributed by atoms with Crippen molar-refractivity contribution in [2.75, 3.05) is 7.11 Å². The largest absolute Gasteiger partial charge is 0.507 e. The normalized spacial score (nSPS) is 10.4. The van der Waals surface area contributed by atoms with E-state index >= 15 is 0 Å². The van der Waals surface area contributed by atoms with E-state index in [4.69, 9.17) is 10.00 Å². The number of thiocyanates is 1. The highest BCUT2D eigenvalue weighted by Gasteiger charge is 2.04. The van der Waals surface area contributed by atoms with Crippen LogP contribution in [-0.2, 0) is 0 Å². The Morgan fingerprint density at radius 2 is 2.10 bits per heavy atom. The SMILES string of the molecule is COc1cc(SC#N)ccc1N=Cc1ccccc1O. The van der Waals surface area contributed by atoms with Gasteiger partial charge >= 0.3 is 0 Å². The van der Waals surface area contributed by atoms with Crippen molar-refractivity contribution in [3.05, 3.63) is 48.0 Å². The predicted octanol–water partition coefficient (Wildman–Crippen LogP) is 3.72. The molecule has 2 aromatic carbocycles. The average Bonchev–Trinajstić information content (AvgIpc) is 2.47. The molecule has 0 radical (unpaired) electrons. The Morgan fingerprint density at radius 1 is 1.30 bits per heavy atom. The lowest BCUT2D eigenvalue weighted by molar-refractivity contribution is 0.415. The molecule has 2 rings (SSSR count). The van der Waals surface area contributed by atoms with E-state index in [1.807, 2.05) is 11.5 Å². The molecule has 0 aliphatic rings. The first-order valence-electron chi connectivity index (χ1n) is 5.80. The number of hydrogen-bond donors (Lipinski definition) is 1. The maximum Gasteiger partial charge on any atom is 0.145 e. The lowest BCUT2D eigenvalue weighted by Gasteiger charge is -2.05. The summed E-state index contributed by atoms with van der Waals surface area (Å²) in [5.74, 6) is 0.754.